The van der Waals surface area contributed by atoms with E-state index in [4.69, 9.17) is 0 Å². The second-order valence-electron chi connectivity index (χ2n) is 4.00. The summed E-state index contributed by atoms with van der Waals surface area (Å²) in [5, 5.41) is 6.42. The van der Waals surface area contributed by atoms with Crippen molar-refractivity contribution < 1.29 is 0 Å². The van der Waals surface area contributed by atoms with Crippen LogP contribution in [0.5, 0.6) is 0 Å². The van der Waals surface area contributed by atoms with Crippen LogP contribution in [0.25, 0.3) is 0 Å². The number of rotatable bonds is 5. The van der Waals surface area contributed by atoms with Crippen LogP contribution in [-0.2, 0) is 0 Å². The Morgan fingerprint density at radius 3 is 2.37 bits per heavy atom. The normalized spacial score (nSPS) is 10.6. The van der Waals surface area contributed by atoms with Crippen molar-refractivity contribution in [2.45, 2.75) is 0 Å². The highest BCUT2D eigenvalue weighted by molar-refractivity contribution is 9.10. The molecular weight excluding hydrogens is 300 g/mol. The summed E-state index contributed by atoms with van der Waals surface area (Å²) < 4.78 is 1.07. The van der Waals surface area contributed by atoms with Crippen LogP contribution < -0.4 is 5.01 Å². The SMILES string of the molecule is C=CCN(/N=C/c1ccc(Br)cc1)c1ccccc1. The lowest BCUT2D eigenvalue weighted by Crippen LogP contribution is -2.16. The van der Waals surface area contributed by atoms with Crippen LogP contribution in [-0.4, -0.2) is 12.8 Å². The molecule has 2 rings (SSSR count). The minimum absolute atomic E-state index is 0.678. The molecule has 0 N–H and O–H groups in total. The minimum atomic E-state index is 0.678. The highest BCUT2D eigenvalue weighted by atomic mass is 79.9. The fourth-order valence-corrected chi connectivity index (χ4v) is 1.89. The summed E-state index contributed by atoms with van der Waals surface area (Å²) in [5.41, 5.74) is 2.11. The zero-order valence-corrected chi connectivity index (χ0v) is 12.1. The molecule has 0 saturated heterocycles. The van der Waals surface area contributed by atoms with Crippen molar-refractivity contribution >= 4 is 27.8 Å². The number of hydrogen-bond acceptors (Lipinski definition) is 2. The number of halogens is 1. The van der Waals surface area contributed by atoms with E-state index in [1.165, 1.54) is 0 Å². The molecular formula is C16H15BrN2. The average molecular weight is 315 g/mol. The van der Waals surface area contributed by atoms with Gasteiger partial charge in [0.1, 0.15) is 0 Å². The molecule has 0 heterocycles. The first-order chi connectivity index (χ1) is 9.29. The highest BCUT2D eigenvalue weighted by Crippen LogP contribution is 2.14. The molecule has 0 aromatic heterocycles. The van der Waals surface area contributed by atoms with E-state index in [1.54, 1.807) is 0 Å². The standard InChI is InChI=1S/C16H15BrN2/c1-2-12-19(16-6-4-3-5-7-16)18-13-14-8-10-15(17)11-9-14/h2-11,13H,1,12H2/b18-13+. The van der Waals surface area contributed by atoms with Crippen LogP contribution in [0.3, 0.4) is 0 Å². The quantitative estimate of drug-likeness (QED) is 0.451. The van der Waals surface area contributed by atoms with Gasteiger partial charge in [0.2, 0.25) is 0 Å². The molecule has 0 bridgehead atoms. The van der Waals surface area contributed by atoms with Gasteiger partial charge in [0.05, 0.1) is 18.4 Å². The lowest BCUT2D eigenvalue weighted by atomic mass is 10.2. The second-order valence-corrected chi connectivity index (χ2v) is 4.92. The number of anilines is 1. The second kappa shape index (κ2) is 6.90. The van der Waals surface area contributed by atoms with Gasteiger partial charge < -0.3 is 0 Å². The minimum Gasteiger partial charge on any atom is -0.262 e. The van der Waals surface area contributed by atoms with E-state index in [0.717, 1.165) is 15.7 Å². The lowest BCUT2D eigenvalue weighted by Gasteiger charge is -2.16. The molecule has 96 valence electrons. The predicted octanol–water partition coefficient (Wildman–Crippen LogP) is 4.48. The Labute approximate surface area is 122 Å². The van der Waals surface area contributed by atoms with E-state index in [9.17, 15) is 0 Å². The van der Waals surface area contributed by atoms with Gasteiger partial charge >= 0.3 is 0 Å². The van der Waals surface area contributed by atoms with Crippen LogP contribution in [0.2, 0.25) is 0 Å². The van der Waals surface area contributed by atoms with Crippen molar-refractivity contribution in [1.29, 1.82) is 0 Å². The zero-order valence-electron chi connectivity index (χ0n) is 10.5. The van der Waals surface area contributed by atoms with E-state index in [-0.39, 0.29) is 0 Å². The summed E-state index contributed by atoms with van der Waals surface area (Å²) in [6.45, 7) is 4.45. The summed E-state index contributed by atoms with van der Waals surface area (Å²) in [7, 11) is 0. The first-order valence-electron chi connectivity index (χ1n) is 6.02. The van der Waals surface area contributed by atoms with Crippen LogP contribution in [0.1, 0.15) is 5.56 Å². The average Bonchev–Trinajstić information content (AvgIpc) is 2.46. The molecule has 0 radical (unpaired) electrons. The van der Waals surface area contributed by atoms with Crippen LogP contribution in [0.4, 0.5) is 5.69 Å². The Hall–Kier alpha value is -1.87. The Morgan fingerprint density at radius 1 is 1.05 bits per heavy atom. The van der Waals surface area contributed by atoms with Gasteiger partial charge in [-0.3, -0.25) is 5.01 Å². The molecule has 0 spiro atoms. The Morgan fingerprint density at radius 2 is 1.74 bits per heavy atom. The van der Waals surface area contributed by atoms with Crippen molar-refractivity contribution in [3.05, 3.63) is 77.3 Å². The lowest BCUT2D eigenvalue weighted by molar-refractivity contribution is 0.947. The van der Waals surface area contributed by atoms with E-state index >= 15 is 0 Å². The van der Waals surface area contributed by atoms with Crippen LogP contribution >= 0.6 is 15.9 Å². The summed E-state index contributed by atoms with van der Waals surface area (Å²) in [6, 6.07) is 18.1. The molecule has 2 nitrogen and oxygen atoms in total. The van der Waals surface area contributed by atoms with Gasteiger partial charge in [0, 0.05) is 4.47 Å². The van der Waals surface area contributed by atoms with Gasteiger partial charge in [0.25, 0.3) is 0 Å². The van der Waals surface area contributed by atoms with Crippen molar-refractivity contribution in [3.63, 3.8) is 0 Å². The summed E-state index contributed by atoms with van der Waals surface area (Å²) in [6.07, 6.45) is 3.69. The number of hydrazone groups is 1. The zero-order chi connectivity index (χ0) is 13.5. The van der Waals surface area contributed by atoms with Crippen molar-refractivity contribution in [3.8, 4) is 0 Å². The number of nitrogens with zero attached hydrogens (tertiary/aromatic N) is 2. The maximum atomic E-state index is 4.51. The van der Waals surface area contributed by atoms with Gasteiger partial charge in [-0.2, -0.15) is 5.10 Å². The smallest absolute Gasteiger partial charge is 0.0597 e. The molecule has 0 fully saturated rings. The molecule has 0 aliphatic rings. The topological polar surface area (TPSA) is 15.6 Å². The van der Waals surface area contributed by atoms with Crippen molar-refractivity contribution in [2.24, 2.45) is 5.10 Å². The number of benzene rings is 2. The maximum absolute atomic E-state index is 4.51. The Kier molecular flexibility index (Phi) is 4.93. The Bertz CT molecular complexity index is 547. The monoisotopic (exact) mass is 314 g/mol. The predicted molar refractivity (Wildman–Crippen MR) is 85.7 cm³/mol. The molecule has 0 amide bonds. The van der Waals surface area contributed by atoms with E-state index < -0.39 is 0 Å². The molecule has 3 heteroatoms. The molecule has 0 aliphatic heterocycles. The van der Waals surface area contributed by atoms with Gasteiger partial charge in [-0.25, -0.2) is 0 Å². The highest BCUT2D eigenvalue weighted by Gasteiger charge is 2.00. The first kappa shape index (κ1) is 13.6. The van der Waals surface area contributed by atoms with Gasteiger partial charge in [-0.15, -0.1) is 6.58 Å². The Balaban J connectivity index is 2.17. The molecule has 2 aromatic carbocycles. The molecule has 0 saturated carbocycles. The molecule has 19 heavy (non-hydrogen) atoms. The number of para-hydroxylation sites is 1. The third kappa shape index (κ3) is 4.07. The third-order valence-corrected chi connectivity index (χ3v) is 3.10. The molecule has 0 unspecified atom stereocenters. The van der Waals surface area contributed by atoms with Crippen molar-refractivity contribution in [2.75, 3.05) is 11.6 Å². The molecule has 2 aromatic rings. The maximum Gasteiger partial charge on any atom is 0.0597 e. The van der Waals surface area contributed by atoms with E-state index in [1.807, 2.05) is 71.9 Å². The summed E-state index contributed by atoms with van der Waals surface area (Å²) in [4.78, 5) is 0. The van der Waals surface area contributed by atoms with Gasteiger partial charge in [0.15, 0.2) is 0 Å². The van der Waals surface area contributed by atoms with Gasteiger partial charge in [-0.1, -0.05) is 52.3 Å². The number of hydrogen-bond donors (Lipinski definition) is 0. The molecule has 0 aliphatic carbocycles. The fourth-order valence-electron chi connectivity index (χ4n) is 1.63. The van der Waals surface area contributed by atoms with E-state index in [2.05, 4.69) is 27.6 Å². The van der Waals surface area contributed by atoms with Gasteiger partial charge in [-0.05, 0) is 29.8 Å². The van der Waals surface area contributed by atoms with E-state index in [0.29, 0.717) is 6.54 Å². The summed E-state index contributed by atoms with van der Waals surface area (Å²) >= 11 is 3.42. The largest absolute Gasteiger partial charge is 0.262 e. The fraction of sp³-hybridized carbons (Fsp3) is 0.0625. The van der Waals surface area contributed by atoms with Crippen LogP contribution in [0, 0.1) is 0 Å². The molecule has 0 atom stereocenters. The first-order valence-corrected chi connectivity index (χ1v) is 6.82. The van der Waals surface area contributed by atoms with Crippen LogP contribution in [0.15, 0.2) is 76.8 Å². The summed E-state index contributed by atoms with van der Waals surface area (Å²) in [5.74, 6) is 0. The van der Waals surface area contributed by atoms with Crippen molar-refractivity contribution in [1.82, 2.24) is 0 Å². The third-order valence-electron chi connectivity index (χ3n) is 2.57.